The second-order valence-corrected chi connectivity index (χ2v) is 4.03. The smallest absolute Gasteiger partial charge is 0.161 e. The maximum absolute atomic E-state index is 5.32. The van der Waals surface area contributed by atoms with Gasteiger partial charge in [-0.25, -0.2) is 4.99 Å². The normalized spacial score (nSPS) is 12.2. The van der Waals surface area contributed by atoms with E-state index < -0.39 is 0 Å². The van der Waals surface area contributed by atoms with Gasteiger partial charge < -0.3 is 14.8 Å². The van der Waals surface area contributed by atoms with E-state index in [-0.39, 0.29) is 12.4 Å². The predicted molar refractivity (Wildman–Crippen MR) is 83.8 cm³/mol. The zero-order chi connectivity index (χ0) is 13.7. The van der Waals surface area contributed by atoms with Crippen LogP contribution in [0.25, 0.3) is 6.08 Å². The summed E-state index contributed by atoms with van der Waals surface area (Å²) >= 11 is 0. The highest BCUT2D eigenvalue weighted by Crippen LogP contribution is 2.32. The molecule has 0 aliphatic carbocycles. The molecule has 0 saturated carbocycles. The molecule has 1 aliphatic heterocycles. The summed E-state index contributed by atoms with van der Waals surface area (Å²) in [7, 11) is 3.25. The van der Waals surface area contributed by atoms with Crippen molar-refractivity contribution in [2.75, 3.05) is 20.8 Å². The third-order valence-corrected chi connectivity index (χ3v) is 2.88. The molecule has 0 fully saturated rings. The molecule has 4 nitrogen and oxygen atoms in total. The lowest BCUT2D eigenvalue weighted by atomic mass is 10.0. The topological polar surface area (TPSA) is 42.9 Å². The van der Waals surface area contributed by atoms with Crippen LogP contribution in [-0.4, -0.2) is 26.6 Å². The maximum Gasteiger partial charge on any atom is 0.161 e. The first kappa shape index (κ1) is 15.9. The van der Waals surface area contributed by atoms with Gasteiger partial charge in [-0.15, -0.1) is 18.8 Å². The average Bonchev–Trinajstić information content (AvgIpc) is 2.64. The van der Waals surface area contributed by atoms with Crippen molar-refractivity contribution in [3.63, 3.8) is 0 Å². The number of methoxy groups -OCH3 is 2. The Morgan fingerprint density at radius 1 is 1.30 bits per heavy atom. The summed E-state index contributed by atoms with van der Waals surface area (Å²) in [5, 5.41) is 3.11. The number of terminal acetylenes is 1. The van der Waals surface area contributed by atoms with Crippen molar-refractivity contribution < 1.29 is 9.47 Å². The number of amidine groups is 1. The molecule has 20 heavy (non-hydrogen) atoms. The Morgan fingerprint density at radius 2 is 2.00 bits per heavy atom. The van der Waals surface area contributed by atoms with E-state index in [1.807, 2.05) is 18.2 Å². The second kappa shape index (κ2) is 7.46. The highest BCUT2D eigenvalue weighted by atomic mass is 35.5. The van der Waals surface area contributed by atoms with Crippen molar-refractivity contribution in [2.45, 2.75) is 6.42 Å². The first-order chi connectivity index (χ1) is 9.28. The molecule has 0 atom stereocenters. The summed E-state index contributed by atoms with van der Waals surface area (Å²) in [4.78, 5) is 4.33. The molecule has 1 aromatic carbocycles. The van der Waals surface area contributed by atoms with E-state index in [1.54, 1.807) is 20.4 Å². The summed E-state index contributed by atoms with van der Waals surface area (Å²) < 4.78 is 10.6. The van der Waals surface area contributed by atoms with Crippen molar-refractivity contribution in [3.8, 4) is 23.8 Å². The van der Waals surface area contributed by atoms with Gasteiger partial charge in [0.05, 0.1) is 20.8 Å². The van der Waals surface area contributed by atoms with Gasteiger partial charge in [0.2, 0.25) is 0 Å². The summed E-state index contributed by atoms with van der Waals surface area (Å²) in [5.41, 5.74) is 2.19. The Balaban J connectivity index is 0.00000200. The van der Waals surface area contributed by atoms with Gasteiger partial charge in [0.25, 0.3) is 0 Å². The van der Waals surface area contributed by atoms with E-state index in [9.17, 15) is 0 Å². The fourth-order valence-electron chi connectivity index (χ4n) is 1.94. The summed E-state index contributed by atoms with van der Waals surface area (Å²) in [5.74, 6) is 4.82. The fraction of sp³-hybridized carbons (Fsp3) is 0.267. The second-order valence-electron chi connectivity index (χ2n) is 4.03. The molecule has 0 aromatic heterocycles. The van der Waals surface area contributed by atoms with Crippen molar-refractivity contribution in [1.29, 1.82) is 0 Å². The summed E-state index contributed by atoms with van der Waals surface area (Å²) in [6, 6.07) is 3.92. The van der Waals surface area contributed by atoms with Crippen LogP contribution >= 0.6 is 12.4 Å². The van der Waals surface area contributed by atoms with Crippen LogP contribution in [0.4, 0.5) is 0 Å². The zero-order valence-corrected chi connectivity index (χ0v) is 12.3. The van der Waals surface area contributed by atoms with Gasteiger partial charge in [-0.2, -0.15) is 0 Å². The lowest BCUT2D eigenvalue weighted by Gasteiger charge is -2.13. The monoisotopic (exact) mass is 292 g/mol. The lowest BCUT2D eigenvalue weighted by molar-refractivity contribution is 0.354. The van der Waals surface area contributed by atoms with Crippen LogP contribution in [0, 0.1) is 12.3 Å². The average molecular weight is 293 g/mol. The Bertz CT molecular complexity index is 574. The highest BCUT2D eigenvalue weighted by Gasteiger charge is 2.13. The molecule has 1 aliphatic rings. The molecule has 0 amide bonds. The number of benzene rings is 1. The third kappa shape index (κ3) is 3.46. The minimum absolute atomic E-state index is 0. The summed E-state index contributed by atoms with van der Waals surface area (Å²) in [6.45, 7) is 0.468. The van der Waals surface area contributed by atoms with Crippen molar-refractivity contribution in [3.05, 3.63) is 29.5 Å². The molecule has 5 heteroatoms. The molecule has 106 valence electrons. The highest BCUT2D eigenvalue weighted by molar-refractivity contribution is 5.88. The van der Waals surface area contributed by atoms with E-state index in [1.165, 1.54) is 0 Å². The Morgan fingerprint density at radius 3 is 2.65 bits per heavy atom. The number of aliphatic imine (C=N–C) groups is 1. The van der Waals surface area contributed by atoms with Gasteiger partial charge in [-0.1, -0.05) is 5.92 Å². The number of halogens is 1. The van der Waals surface area contributed by atoms with Crippen molar-refractivity contribution >= 4 is 24.3 Å². The molecule has 0 bridgehead atoms. The minimum atomic E-state index is 0. The Labute approximate surface area is 125 Å². The van der Waals surface area contributed by atoms with Crippen LogP contribution in [0.2, 0.25) is 0 Å². The van der Waals surface area contributed by atoms with Crippen LogP contribution < -0.4 is 14.8 Å². The molecule has 1 heterocycles. The zero-order valence-electron chi connectivity index (χ0n) is 11.5. The number of nitrogens with one attached hydrogen (secondary N) is 1. The molecule has 1 aromatic rings. The first-order valence-electron chi connectivity index (χ1n) is 5.94. The van der Waals surface area contributed by atoms with Gasteiger partial charge in [-0.05, 0) is 29.3 Å². The number of nitrogens with zero attached hydrogens (tertiary/aromatic N) is 1. The molecule has 2 rings (SSSR count). The lowest BCUT2D eigenvalue weighted by Crippen LogP contribution is -2.25. The van der Waals surface area contributed by atoms with E-state index >= 15 is 0 Å². The van der Waals surface area contributed by atoms with Gasteiger partial charge in [-0.3, -0.25) is 0 Å². The van der Waals surface area contributed by atoms with Gasteiger partial charge in [0.15, 0.2) is 11.5 Å². The number of hydrogen-bond donors (Lipinski definition) is 1. The van der Waals surface area contributed by atoms with Gasteiger partial charge in [0, 0.05) is 12.6 Å². The Hall–Kier alpha value is -2.12. The van der Waals surface area contributed by atoms with Crippen LogP contribution in [0.5, 0.6) is 11.5 Å². The fourth-order valence-corrected chi connectivity index (χ4v) is 1.94. The van der Waals surface area contributed by atoms with E-state index in [4.69, 9.17) is 15.9 Å². The van der Waals surface area contributed by atoms with Crippen LogP contribution in [0.15, 0.2) is 23.3 Å². The quantitative estimate of drug-likeness (QED) is 0.869. The van der Waals surface area contributed by atoms with Gasteiger partial charge in [0.1, 0.15) is 5.84 Å². The number of ether oxygens (including phenoxy) is 2. The molecule has 0 spiro atoms. The van der Waals surface area contributed by atoms with Crippen molar-refractivity contribution in [2.24, 2.45) is 4.99 Å². The predicted octanol–water partition coefficient (Wildman–Crippen LogP) is 2.27. The number of rotatable bonds is 3. The molecule has 0 unspecified atom stereocenters. The first-order valence-corrected chi connectivity index (χ1v) is 5.94. The van der Waals surface area contributed by atoms with Crippen LogP contribution in [-0.2, 0) is 6.42 Å². The minimum Gasteiger partial charge on any atom is -0.493 e. The molecule has 1 N–H and O–H groups in total. The largest absolute Gasteiger partial charge is 0.493 e. The number of fused-ring (bicyclic) bond motifs is 1. The van der Waals surface area contributed by atoms with E-state index in [2.05, 4.69) is 16.2 Å². The van der Waals surface area contributed by atoms with Crippen molar-refractivity contribution in [1.82, 2.24) is 5.32 Å². The third-order valence-electron chi connectivity index (χ3n) is 2.88. The van der Waals surface area contributed by atoms with Gasteiger partial charge >= 0.3 is 0 Å². The summed E-state index contributed by atoms with van der Waals surface area (Å²) in [6.07, 6.45) is 9.63. The van der Waals surface area contributed by atoms with E-state index in [0.29, 0.717) is 24.5 Å². The molecule has 0 radical (unpaired) electrons. The Kier molecular flexibility index (Phi) is 5.95. The standard InChI is InChI=1S/C15H16N2O2.ClH/c1-4-6-16-15-10-12-9-14(19-3)13(18-2)8-11(12)5-7-17-15;/h1,5,7-9H,6,10H2,2-3H3,(H,16,17);1H. The SMILES string of the molecule is C#CCNC1=NC=Cc2cc(OC)c(OC)cc2C1.Cl. The van der Waals surface area contributed by atoms with E-state index in [0.717, 1.165) is 17.0 Å². The molecular weight excluding hydrogens is 276 g/mol. The molecular formula is C15H17ClN2O2. The van der Waals surface area contributed by atoms with Crippen LogP contribution in [0.3, 0.4) is 0 Å². The molecule has 0 saturated heterocycles. The number of hydrogen-bond acceptors (Lipinski definition) is 4. The van der Waals surface area contributed by atoms with Crippen LogP contribution in [0.1, 0.15) is 11.1 Å². The maximum atomic E-state index is 5.32.